The maximum absolute atomic E-state index is 12.8. The second-order valence-electron chi connectivity index (χ2n) is 6.25. The monoisotopic (exact) mass is 438 g/mol. The molecule has 0 spiro atoms. The van der Waals surface area contributed by atoms with Crippen LogP contribution in [0, 0.1) is 13.8 Å². The Hall–Kier alpha value is -1.86. The fraction of sp³-hybridized carbons (Fsp3) is 0.316. The van der Waals surface area contributed by atoms with Gasteiger partial charge in [0.25, 0.3) is 0 Å². The quantitative estimate of drug-likeness (QED) is 0.732. The zero-order valence-corrected chi connectivity index (χ0v) is 17.7. The van der Waals surface area contributed by atoms with Crippen molar-refractivity contribution in [2.45, 2.75) is 33.2 Å². The second-order valence-corrected chi connectivity index (χ2v) is 9.03. The standard InChI is InChI=1S/C19H23BrN2O3S/c1-5-18(19(23)21-16-8-6-7-15(20)12-16)22(26(4,24)25)17-10-9-13(2)14(3)11-17/h6-12,18H,5H2,1-4H3,(H,21,23). The number of amides is 1. The Kier molecular flexibility index (Phi) is 6.47. The molecule has 2 rings (SSSR count). The SMILES string of the molecule is CCC(C(=O)Nc1cccc(Br)c1)N(c1ccc(C)c(C)c1)S(C)(=O)=O. The summed E-state index contributed by atoms with van der Waals surface area (Å²) in [6.45, 7) is 5.67. The predicted molar refractivity (Wildman–Crippen MR) is 110 cm³/mol. The predicted octanol–water partition coefficient (Wildman–Crippen LogP) is 4.25. The van der Waals surface area contributed by atoms with Gasteiger partial charge in [-0.05, 0) is 61.7 Å². The van der Waals surface area contributed by atoms with E-state index in [1.807, 2.05) is 26.0 Å². The topological polar surface area (TPSA) is 66.5 Å². The van der Waals surface area contributed by atoms with Crippen molar-refractivity contribution in [2.24, 2.45) is 0 Å². The molecule has 1 N–H and O–H groups in total. The van der Waals surface area contributed by atoms with Crippen LogP contribution in [0.25, 0.3) is 0 Å². The minimum Gasteiger partial charge on any atom is -0.324 e. The summed E-state index contributed by atoms with van der Waals surface area (Å²) in [6.07, 6.45) is 1.47. The Morgan fingerprint density at radius 1 is 1.15 bits per heavy atom. The first-order valence-corrected chi connectivity index (χ1v) is 10.9. The third-order valence-electron chi connectivity index (χ3n) is 4.17. The first-order chi connectivity index (χ1) is 12.1. The van der Waals surface area contributed by atoms with Crippen LogP contribution in [0.3, 0.4) is 0 Å². The van der Waals surface area contributed by atoms with Crippen molar-refractivity contribution in [3.63, 3.8) is 0 Å². The lowest BCUT2D eigenvalue weighted by Crippen LogP contribution is -2.47. The molecule has 0 aliphatic heterocycles. The number of carbonyl (C=O) groups excluding carboxylic acids is 1. The summed E-state index contributed by atoms with van der Waals surface area (Å²) in [7, 11) is -3.64. The van der Waals surface area contributed by atoms with Crippen LogP contribution in [0.4, 0.5) is 11.4 Å². The molecule has 5 nitrogen and oxygen atoms in total. The maximum atomic E-state index is 12.8. The van der Waals surface area contributed by atoms with Crippen molar-refractivity contribution in [2.75, 3.05) is 15.9 Å². The fourth-order valence-corrected chi connectivity index (χ4v) is 4.32. The van der Waals surface area contributed by atoms with Gasteiger partial charge in [0.1, 0.15) is 6.04 Å². The van der Waals surface area contributed by atoms with E-state index in [2.05, 4.69) is 21.2 Å². The van der Waals surface area contributed by atoms with Crippen molar-refractivity contribution >= 4 is 43.2 Å². The number of rotatable bonds is 6. The largest absolute Gasteiger partial charge is 0.324 e. The zero-order valence-electron chi connectivity index (χ0n) is 15.3. The third kappa shape index (κ3) is 4.86. The molecule has 0 radical (unpaired) electrons. The van der Waals surface area contributed by atoms with Crippen LogP contribution in [-0.4, -0.2) is 26.6 Å². The zero-order chi connectivity index (χ0) is 19.5. The number of sulfonamides is 1. The van der Waals surface area contributed by atoms with Gasteiger partial charge in [-0.1, -0.05) is 35.0 Å². The number of nitrogens with zero attached hydrogens (tertiary/aromatic N) is 1. The van der Waals surface area contributed by atoms with Gasteiger partial charge in [0.05, 0.1) is 11.9 Å². The van der Waals surface area contributed by atoms with Gasteiger partial charge in [-0.15, -0.1) is 0 Å². The lowest BCUT2D eigenvalue weighted by molar-refractivity contribution is -0.117. The van der Waals surface area contributed by atoms with Gasteiger partial charge in [-0.25, -0.2) is 8.42 Å². The Morgan fingerprint density at radius 2 is 1.85 bits per heavy atom. The highest BCUT2D eigenvalue weighted by molar-refractivity contribution is 9.10. The number of anilines is 2. The summed E-state index contributed by atoms with van der Waals surface area (Å²) in [5, 5.41) is 2.81. The Balaban J connectivity index is 2.40. The molecule has 7 heteroatoms. The first kappa shape index (κ1) is 20.5. The molecule has 0 fully saturated rings. The van der Waals surface area contributed by atoms with Crippen LogP contribution in [0.15, 0.2) is 46.9 Å². The molecule has 0 heterocycles. The third-order valence-corrected chi connectivity index (χ3v) is 5.84. The molecule has 0 aromatic heterocycles. The molecule has 0 saturated heterocycles. The van der Waals surface area contributed by atoms with E-state index in [1.165, 1.54) is 4.31 Å². The van der Waals surface area contributed by atoms with Crippen molar-refractivity contribution in [3.8, 4) is 0 Å². The molecule has 0 bridgehead atoms. The maximum Gasteiger partial charge on any atom is 0.248 e. The summed E-state index contributed by atoms with van der Waals surface area (Å²) in [5.74, 6) is -0.366. The molecule has 1 atom stereocenters. The number of hydrogen-bond donors (Lipinski definition) is 1. The number of carbonyl (C=O) groups is 1. The van der Waals surface area contributed by atoms with Gasteiger partial charge in [0, 0.05) is 10.2 Å². The van der Waals surface area contributed by atoms with Crippen LogP contribution >= 0.6 is 15.9 Å². The molecule has 0 aliphatic carbocycles. The Bertz CT molecular complexity index is 913. The fourth-order valence-electron chi connectivity index (χ4n) is 2.71. The molecule has 1 amide bonds. The number of aryl methyl sites for hydroxylation is 2. The van der Waals surface area contributed by atoms with Crippen LogP contribution in [0.1, 0.15) is 24.5 Å². The number of benzene rings is 2. The van der Waals surface area contributed by atoms with Crippen molar-refractivity contribution in [3.05, 3.63) is 58.1 Å². The number of halogens is 1. The summed E-state index contributed by atoms with van der Waals surface area (Å²) in [6, 6.07) is 11.7. The molecule has 1 unspecified atom stereocenters. The minimum atomic E-state index is -3.64. The Labute approximate surface area is 163 Å². The molecule has 26 heavy (non-hydrogen) atoms. The highest BCUT2D eigenvalue weighted by Gasteiger charge is 2.31. The smallest absolute Gasteiger partial charge is 0.248 e. The van der Waals surface area contributed by atoms with E-state index < -0.39 is 16.1 Å². The second kappa shape index (κ2) is 8.22. The van der Waals surface area contributed by atoms with Crippen LogP contribution in [-0.2, 0) is 14.8 Å². The van der Waals surface area contributed by atoms with Gasteiger partial charge in [0.2, 0.25) is 15.9 Å². The van der Waals surface area contributed by atoms with E-state index >= 15 is 0 Å². The van der Waals surface area contributed by atoms with Crippen molar-refractivity contribution < 1.29 is 13.2 Å². The highest BCUT2D eigenvalue weighted by atomic mass is 79.9. The van der Waals surface area contributed by atoms with Gasteiger partial charge in [-0.3, -0.25) is 9.10 Å². The van der Waals surface area contributed by atoms with E-state index in [1.54, 1.807) is 37.3 Å². The lowest BCUT2D eigenvalue weighted by atomic mass is 10.1. The summed E-state index contributed by atoms with van der Waals surface area (Å²) in [5.41, 5.74) is 3.13. The molecular weight excluding hydrogens is 416 g/mol. The van der Waals surface area contributed by atoms with E-state index in [4.69, 9.17) is 0 Å². The van der Waals surface area contributed by atoms with E-state index in [0.717, 1.165) is 21.9 Å². The van der Waals surface area contributed by atoms with Crippen LogP contribution < -0.4 is 9.62 Å². The van der Waals surface area contributed by atoms with Crippen molar-refractivity contribution in [1.82, 2.24) is 0 Å². The van der Waals surface area contributed by atoms with E-state index in [0.29, 0.717) is 17.8 Å². The average Bonchev–Trinajstić information content (AvgIpc) is 2.54. The lowest BCUT2D eigenvalue weighted by Gasteiger charge is -2.30. The van der Waals surface area contributed by atoms with Gasteiger partial charge < -0.3 is 5.32 Å². The molecule has 2 aromatic rings. The number of nitrogens with one attached hydrogen (secondary N) is 1. The summed E-state index contributed by atoms with van der Waals surface area (Å²) in [4.78, 5) is 12.8. The number of hydrogen-bond acceptors (Lipinski definition) is 3. The molecule has 0 saturated carbocycles. The van der Waals surface area contributed by atoms with Gasteiger partial charge >= 0.3 is 0 Å². The summed E-state index contributed by atoms with van der Waals surface area (Å²) >= 11 is 3.36. The molecule has 0 aliphatic rings. The molecule has 140 valence electrons. The highest BCUT2D eigenvalue weighted by Crippen LogP contribution is 2.26. The minimum absolute atomic E-state index is 0.347. The van der Waals surface area contributed by atoms with Gasteiger partial charge in [0.15, 0.2) is 0 Å². The van der Waals surface area contributed by atoms with Gasteiger partial charge in [-0.2, -0.15) is 0 Å². The van der Waals surface area contributed by atoms with Crippen LogP contribution in [0.2, 0.25) is 0 Å². The Morgan fingerprint density at radius 3 is 2.38 bits per heavy atom. The first-order valence-electron chi connectivity index (χ1n) is 8.26. The van der Waals surface area contributed by atoms with E-state index in [-0.39, 0.29) is 5.91 Å². The van der Waals surface area contributed by atoms with E-state index in [9.17, 15) is 13.2 Å². The molecule has 2 aromatic carbocycles. The average molecular weight is 439 g/mol. The summed E-state index contributed by atoms with van der Waals surface area (Å²) < 4.78 is 27.0. The molecular formula is C19H23BrN2O3S. The normalized spacial score (nSPS) is 12.5. The van der Waals surface area contributed by atoms with Crippen molar-refractivity contribution in [1.29, 1.82) is 0 Å². The van der Waals surface area contributed by atoms with Crippen LogP contribution in [0.5, 0.6) is 0 Å².